The quantitative estimate of drug-likeness (QED) is 0.602. The van der Waals surface area contributed by atoms with Crippen molar-refractivity contribution in [3.63, 3.8) is 0 Å². The van der Waals surface area contributed by atoms with E-state index in [2.05, 4.69) is 15.6 Å². The molecule has 7 heteroatoms. The van der Waals surface area contributed by atoms with Crippen LogP contribution < -0.4 is 10.6 Å². The average Bonchev–Trinajstić information content (AvgIpc) is 3.19. The van der Waals surface area contributed by atoms with E-state index in [0.717, 1.165) is 25.5 Å². The summed E-state index contributed by atoms with van der Waals surface area (Å²) in [5.41, 5.74) is 0.0533. The fraction of sp³-hybridized carbons (Fsp3) is 0.500. The SMILES string of the molecule is CCCNc1ncc([N+](=O)[O-])cc1C(=O)NC1CC1. The van der Waals surface area contributed by atoms with Gasteiger partial charge >= 0.3 is 0 Å². The van der Waals surface area contributed by atoms with Gasteiger partial charge < -0.3 is 10.6 Å². The van der Waals surface area contributed by atoms with Gasteiger partial charge in [-0.2, -0.15) is 0 Å². The number of pyridine rings is 1. The fourth-order valence-electron chi connectivity index (χ4n) is 1.60. The maximum atomic E-state index is 12.0. The van der Waals surface area contributed by atoms with E-state index in [1.165, 1.54) is 6.07 Å². The van der Waals surface area contributed by atoms with Crippen molar-refractivity contribution >= 4 is 17.4 Å². The maximum Gasteiger partial charge on any atom is 0.288 e. The van der Waals surface area contributed by atoms with Gasteiger partial charge in [-0.05, 0) is 19.3 Å². The molecule has 0 unspecified atom stereocenters. The van der Waals surface area contributed by atoms with E-state index in [1.54, 1.807) is 0 Å². The molecule has 0 aliphatic heterocycles. The third-order valence-corrected chi connectivity index (χ3v) is 2.78. The van der Waals surface area contributed by atoms with Crippen LogP contribution in [0.3, 0.4) is 0 Å². The second kappa shape index (κ2) is 5.64. The number of nitro groups is 1. The Balaban J connectivity index is 2.25. The number of carbonyl (C=O) groups is 1. The Kier molecular flexibility index (Phi) is 3.94. The zero-order valence-corrected chi connectivity index (χ0v) is 10.7. The monoisotopic (exact) mass is 264 g/mol. The molecule has 2 N–H and O–H groups in total. The molecule has 0 bridgehead atoms. The largest absolute Gasteiger partial charge is 0.369 e. The van der Waals surface area contributed by atoms with Crippen molar-refractivity contribution in [2.45, 2.75) is 32.2 Å². The zero-order valence-electron chi connectivity index (χ0n) is 10.7. The van der Waals surface area contributed by atoms with Crippen LogP contribution in [0.2, 0.25) is 0 Å². The molecule has 19 heavy (non-hydrogen) atoms. The van der Waals surface area contributed by atoms with Crippen molar-refractivity contribution in [2.24, 2.45) is 0 Å². The standard InChI is InChI=1S/C12H16N4O3/c1-2-5-13-11-10(12(17)15-8-3-4-8)6-9(7-14-11)16(18)19/h6-8H,2-5H2,1H3,(H,13,14)(H,15,17). The van der Waals surface area contributed by atoms with Crippen molar-refractivity contribution in [1.82, 2.24) is 10.3 Å². The molecule has 1 amide bonds. The third-order valence-electron chi connectivity index (χ3n) is 2.78. The minimum Gasteiger partial charge on any atom is -0.369 e. The van der Waals surface area contributed by atoms with Crippen molar-refractivity contribution in [3.05, 3.63) is 27.9 Å². The maximum absolute atomic E-state index is 12.0. The highest BCUT2D eigenvalue weighted by molar-refractivity contribution is 5.99. The Hall–Kier alpha value is -2.18. The van der Waals surface area contributed by atoms with Crippen LogP contribution in [0.25, 0.3) is 0 Å². The smallest absolute Gasteiger partial charge is 0.288 e. The molecule has 7 nitrogen and oxygen atoms in total. The lowest BCUT2D eigenvalue weighted by atomic mass is 10.2. The number of anilines is 1. The number of carbonyl (C=O) groups excluding carboxylic acids is 1. The Bertz CT molecular complexity index is 500. The van der Waals surface area contributed by atoms with E-state index in [1.807, 2.05) is 6.92 Å². The van der Waals surface area contributed by atoms with Crippen LogP contribution >= 0.6 is 0 Å². The van der Waals surface area contributed by atoms with Gasteiger partial charge in [-0.15, -0.1) is 0 Å². The lowest BCUT2D eigenvalue weighted by Crippen LogP contribution is -2.26. The molecule has 1 saturated carbocycles. The molecule has 0 saturated heterocycles. The number of hydrogen-bond acceptors (Lipinski definition) is 5. The summed E-state index contributed by atoms with van der Waals surface area (Å²) in [6.45, 7) is 2.65. The number of rotatable bonds is 6. The summed E-state index contributed by atoms with van der Waals surface area (Å²) in [5.74, 6) is 0.0860. The van der Waals surface area contributed by atoms with Gasteiger partial charge in [0.1, 0.15) is 12.0 Å². The van der Waals surface area contributed by atoms with Gasteiger partial charge in [-0.1, -0.05) is 6.92 Å². The summed E-state index contributed by atoms with van der Waals surface area (Å²) in [7, 11) is 0. The van der Waals surface area contributed by atoms with Crippen molar-refractivity contribution in [2.75, 3.05) is 11.9 Å². The predicted octanol–water partition coefficient (Wildman–Crippen LogP) is 1.70. The number of aromatic nitrogens is 1. The summed E-state index contributed by atoms with van der Waals surface area (Å²) < 4.78 is 0. The Morgan fingerprint density at radius 1 is 1.58 bits per heavy atom. The van der Waals surface area contributed by atoms with Crippen LogP contribution in [-0.2, 0) is 0 Å². The highest BCUT2D eigenvalue weighted by Gasteiger charge is 2.26. The first-order valence-electron chi connectivity index (χ1n) is 6.31. The topological polar surface area (TPSA) is 97.2 Å². The van der Waals surface area contributed by atoms with E-state index < -0.39 is 4.92 Å². The average molecular weight is 264 g/mol. The number of amides is 1. The highest BCUT2D eigenvalue weighted by Crippen LogP contribution is 2.23. The molecule has 0 aromatic carbocycles. The van der Waals surface area contributed by atoms with Crippen LogP contribution in [0, 0.1) is 10.1 Å². The molecule has 0 spiro atoms. The first-order valence-corrected chi connectivity index (χ1v) is 6.31. The summed E-state index contributed by atoms with van der Waals surface area (Å²) in [5, 5.41) is 16.6. The van der Waals surface area contributed by atoms with Crippen LogP contribution in [0.1, 0.15) is 36.5 Å². The molecule has 0 radical (unpaired) electrons. The van der Waals surface area contributed by atoms with E-state index in [-0.39, 0.29) is 23.2 Å². The Labute approximate surface area is 110 Å². The lowest BCUT2D eigenvalue weighted by Gasteiger charge is -2.10. The van der Waals surface area contributed by atoms with E-state index >= 15 is 0 Å². The first-order chi connectivity index (χ1) is 9.11. The summed E-state index contributed by atoms with van der Waals surface area (Å²) in [4.78, 5) is 26.2. The molecule has 1 aliphatic carbocycles. The predicted molar refractivity (Wildman–Crippen MR) is 70.2 cm³/mol. The molecule has 102 valence electrons. The van der Waals surface area contributed by atoms with Gasteiger partial charge in [-0.3, -0.25) is 14.9 Å². The summed E-state index contributed by atoms with van der Waals surface area (Å²) >= 11 is 0. The minimum atomic E-state index is -0.551. The van der Waals surface area contributed by atoms with Crippen molar-refractivity contribution in [1.29, 1.82) is 0 Å². The van der Waals surface area contributed by atoms with Crippen molar-refractivity contribution < 1.29 is 9.72 Å². The Morgan fingerprint density at radius 2 is 2.32 bits per heavy atom. The first kappa shape index (κ1) is 13.3. The molecule has 1 fully saturated rings. The molecule has 1 aromatic heterocycles. The molecule has 1 aliphatic rings. The van der Waals surface area contributed by atoms with Crippen LogP contribution in [0.5, 0.6) is 0 Å². The van der Waals surface area contributed by atoms with Crippen LogP contribution in [-0.4, -0.2) is 28.4 Å². The minimum absolute atomic E-state index is 0.178. The normalized spacial score (nSPS) is 13.9. The molecular weight excluding hydrogens is 248 g/mol. The molecular formula is C12H16N4O3. The van der Waals surface area contributed by atoms with Crippen LogP contribution in [0.15, 0.2) is 12.3 Å². The Morgan fingerprint density at radius 3 is 2.89 bits per heavy atom. The fourth-order valence-corrected chi connectivity index (χ4v) is 1.60. The van der Waals surface area contributed by atoms with E-state index in [0.29, 0.717) is 12.4 Å². The summed E-state index contributed by atoms with van der Waals surface area (Å²) in [6, 6.07) is 1.47. The van der Waals surface area contributed by atoms with E-state index in [4.69, 9.17) is 0 Å². The molecule has 2 rings (SSSR count). The van der Waals surface area contributed by atoms with Gasteiger partial charge in [0, 0.05) is 18.7 Å². The second-order valence-electron chi connectivity index (χ2n) is 4.52. The van der Waals surface area contributed by atoms with Gasteiger partial charge in [0.25, 0.3) is 11.6 Å². The van der Waals surface area contributed by atoms with Gasteiger partial charge in [0.05, 0.1) is 10.5 Å². The van der Waals surface area contributed by atoms with Crippen molar-refractivity contribution in [3.8, 4) is 0 Å². The molecule has 1 aromatic rings. The summed E-state index contributed by atoms with van der Waals surface area (Å²) in [6.07, 6.45) is 3.96. The van der Waals surface area contributed by atoms with Crippen LogP contribution in [0.4, 0.5) is 11.5 Å². The van der Waals surface area contributed by atoms with Gasteiger partial charge in [-0.25, -0.2) is 4.98 Å². The second-order valence-corrected chi connectivity index (χ2v) is 4.52. The molecule has 0 atom stereocenters. The number of nitrogens with one attached hydrogen (secondary N) is 2. The molecule has 1 heterocycles. The third kappa shape index (κ3) is 3.40. The van der Waals surface area contributed by atoms with Gasteiger partial charge in [0.15, 0.2) is 0 Å². The zero-order chi connectivity index (χ0) is 13.8. The number of hydrogen-bond donors (Lipinski definition) is 2. The number of nitrogens with zero attached hydrogens (tertiary/aromatic N) is 2. The van der Waals surface area contributed by atoms with E-state index in [9.17, 15) is 14.9 Å². The lowest BCUT2D eigenvalue weighted by molar-refractivity contribution is -0.385. The van der Waals surface area contributed by atoms with Gasteiger partial charge in [0.2, 0.25) is 0 Å². The highest BCUT2D eigenvalue weighted by atomic mass is 16.6.